The molecule has 3 aromatic carbocycles. The lowest BCUT2D eigenvalue weighted by molar-refractivity contribution is -0.583. The van der Waals surface area contributed by atoms with Crippen LogP contribution in [0, 0.1) is 0 Å². The molecule has 4 heterocycles. The van der Waals surface area contributed by atoms with Crippen molar-refractivity contribution in [1.82, 2.24) is 9.73 Å². The van der Waals surface area contributed by atoms with E-state index >= 15 is 0 Å². The van der Waals surface area contributed by atoms with Crippen LogP contribution in [0.4, 0.5) is 0 Å². The van der Waals surface area contributed by atoms with Gasteiger partial charge >= 0.3 is 0 Å². The van der Waals surface area contributed by atoms with Crippen LogP contribution in [0.15, 0.2) is 71.4 Å². The lowest BCUT2D eigenvalue weighted by Gasteiger charge is -2.05. The third kappa shape index (κ3) is 1.23. The van der Waals surface area contributed by atoms with Gasteiger partial charge in [-0.15, -0.1) is 9.03 Å². The number of aromatic amines is 1. The van der Waals surface area contributed by atoms with Crippen molar-refractivity contribution < 1.29 is 8.93 Å². The Labute approximate surface area is 140 Å². The predicted molar refractivity (Wildman–Crippen MR) is 98.4 cm³/mol. The fourth-order valence-electron chi connectivity index (χ4n) is 4.45. The van der Waals surface area contributed by atoms with Crippen molar-refractivity contribution in [3.8, 4) is 0 Å². The normalized spacial score (nSPS) is 12.8. The summed E-state index contributed by atoms with van der Waals surface area (Å²) in [5.41, 5.74) is 4.11. The zero-order valence-corrected chi connectivity index (χ0v) is 13.2. The second kappa shape index (κ2) is 3.75. The molecule has 0 aliphatic rings. The molecule has 0 aliphatic carbocycles. The molecule has 4 aromatic heterocycles. The Bertz CT molecular complexity index is 1600. The average molecular weight is 322 g/mol. The molecule has 0 bridgehead atoms. The van der Waals surface area contributed by atoms with Gasteiger partial charge < -0.3 is 4.42 Å². The Kier molecular flexibility index (Phi) is 1.79. The third-order valence-corrected chi connectivity index (χ3v) is 5.43. The molecule has 0 amide bonds. The summed E-state index contributed by atoms with van der Waals surface area (Å²) in [6.45, 7) is 0. The van der Waals surface area contributed by atoms with Crippen LogP contribution in [0.25, 0.3) is 54.5 Å². The third-order valence-electron chi connectivity index (χ3n) is 5.43. The van der Waals surface area contributed by atoms with Gasteiger partial charge in [0.1, 0.15) is 18.0 Å². The number of hydrogen-bond acceptors (Lipinski definition) is 1. The molecule has 4 nitrogen and oxygen atoms in total. The minimum absolute atomic E-state index is 0.893. The minimum atomic E-state index is 0.893. The number of fused-ring (bicyclic) bond motifs is 3. The number of nitrogens with one attached hydrogen (secondary N) is 1. The second-order valence-corrected chi connectivity index (χ2v) is 6.65. The quantitative estimate of drug-likeness (QED) is 0.320. The smallest absolute Gasteiger partial charge is 0.207 e. The van der Waals surface area contributed by atoms with Crippen molar-refractivity contribution in [3.63, 3.8) is 0 Å². The van der Waals surface area contributed by atoms with Crippen molar-refractivity contribution in [1.29, 1.82) is 0 Å². The van der Waals surface area contributed by atoms with Crippen molar-refractivity contribution in [2.45, 2.75) is 0 Å². The van der Waals surface area contributed by atoms with E-state index in [9.17, 15) is 0 Å². The Hall–Kier alpha value is -3.53. The maximum Gasteiger partial charge on any atom is 0.207 e. The Morgan fingerprint density at radius 3 is 2.56 bits per heavy atom. The SMILES string of the molecule is c1ccc2c(c1)c1ccc3oc4cccn5[nH][n+]6ccc2c6c1c3c45. The van der Waals surface area contributed by atoms with Crippen LogP contribution in [0.5, 0.6) is 0 Å². The topological polar surface area (TPSA) is 37.4 Å². The standard InChI is InChI=1S/C21H12N3O/c1-2-5-13-12(4-1)14-7-8-16-19-18(14)20-15(13)9-11-24(20)22-23-10-3-6-17(25-16)21(19)23/h1-11,22H/q+1. The fraction of sp³-hybridized carbons (Fsp3) is 0. The summed E-state index contributed by atoms with van der Waals surface area (Å²) in [7, 11) is 0. The number of benzene rings is 3. The molecule has 0 atom stereocenters. The summed E-state index contributed by atoms with van der Waals surface area (Å²) in [4.78, 5) is 0. The number of hydrogen-bond donors (Lipinski definition) is 1. The largest absolute Gasteiger partial charge is 0.452 e. The summed E-state index contributed by atoms with van der Waals surface area (Å²) < 4.78 is 10.3. The van der Waals surface area contributed by atoms with Crippen molar-refractivity contribution in [2.75, 3.05) is 0 Å². The van der Waals surface area contributed by atoms with E-state index in [0.717, 1.165) is 16.7 Å². The Morgan fingerprint density at radius 1 is 0.760 bits per heavy atom. The number of H-pyrrole nitrogens is 1. The molecular weight excluding hydrogens is 310 g/mol. The molecule has 116 valence electrons. The summed E-state index contributed by atoms with van der Waals surface area (Å²) in [6.07, 6.45) is 4.14. The molecule has 0 saturated heterocycles. The zero-order valence-electron chi connectivity index (χ0n) is 13.2. The molecule has 0 aliphatic heterocycles. The molecule has 0 fully saturated rings. The van der Waals surface area contributed by atoms with Gasteiger partial charge in [-0.3, -0.25) is 0 Å². The van der Waals surface area contributed by atoms with E-state index in [1.807, 2.05) is 22.8 Å². The van der Waals surface area contributed by atoms with Crippen LogP contribution < -0.4 is 4.52 Å². The van der Waals surface area contributed by atoms with Crippen LogP contribution >= 0.6 is 0 Å². The van der Waals surface area contributed by atoms with Crippen molar-refractivity contribution in [2.24, 2.45) is 0 Å². The first-order chi connectivity index (χ1) is 12.4. The van der Waals surface area contributed by atoms with E-state index in [0.29, 0.717) is 0 Å². The van der Waals surface area contributed by atoms with Crippen LogP contribution in [-0.2, 0) is 0 Å². The molecule has 0 unspecified atom stereocenters. The van der Waals surface area contributed by atoms with Crippen LogP contribution in [0.1, 0.15) is 0 Å². The highest BCUT2D eigenvalue weighted by Crippen LogP contribution is 2.41. The van der Waals surface area contributed by atoms with Crippen molar-refractivity contribution >= 4 is 54.5 Å². The van der Waals surface area contributed by atoms with Gasteiger partial charge in [0.15, 0.2) is 11.1 Å². The van der Waals surface area contributed by atoms with Gasteiger partial charge in [0.2, 0.25) is 5.52 Å². The molecule has 0 saturated carbocycles. The molecule has 0 spiro atoms. The van der Waals surface area contributed by atoms with Gasteiger partial charge in [-0.25, -0.2) is 0 Å². The summed E-state index contributed by atoms with van der Waals surface area (Å²) in [6, 6.07) is 19.1. The minimum Gasteiger partial charge on any atom is -0.452 e. The highest BCUT2D eigenvalue weighted by atomic mass is 16.3. The summed E-state index contributed by atoms with van der Waals surface area (Å²) in [5, 5.41) is 11.0. The highest BCUT2D eigenvalue weighted by molar-refractivity contribution is 6.32. The maximum absolute atomic E-state index is 6.14. The van der Waals surface area contributed by atoms with E-state index < -0.39 is 0 Å². The highest BCUT2D eigenvalue weighted by Gasteiger charge is 2.23. The second-order valence-electron chi connectivity index (χ2n) is 6.65. The van der Waals surface area contributed by atoms with Gasteiger partial charge in [-0.2, -0.15) is 0 Å². The fourth-order valence-corrected chi connectivity index (χ4v) is 4.45. The first kappa shape index (κ1) is 11.9. The molecule has 7 aromatic rings. The number of nitrogens with zero attached hydrogens (tertiary/aromatic N) is 2. The molecule has 1 N–H and O–H groups in total. The molecule has 4 heteroatoms. The van der Waals surface area contributed by atoms with E-state index in [-0.39, 0.29) is 0 Å². The lowest BCUT2D eigenvalue weighted by Crippen LogP contribution is -2.24. The molecule has 25 heavy (non-hydrogen) atoms. The monoisotopic (exact) mass is 322 g/mol. The van der Waals surface area contributed by atoms with Gasteiger partial charge in [0, 0.05) is 10.8 Å². The summed E-state index contributed by atoms with van der Waals surface area (Å²) >= 11 is 0. The van der Waals surface area contributed by atoms with Crippen LogP contribution in [-0.4, -0.2) is 9.73 Å². The van der Waals surface area contributed by atoms with Gasteiger partial charge in [-0.1, -0.05) is 29.5 Å². The van der Waals surface area contributed by atoms with E-state index in [2.05, 4.69) is 58.4 Å². The molecule has 7 rings (SSSR count). The average Bonchev–Trinajstić information content (AvgIpc) is 3.19. The Morgan fingerprint density at radius 2 is 1.64 bits per heavy atom. The first-order valence-corrected chi connectivity index (χ1v) is 8.38. The lowest BCUT2D eigenvalue weighted by atomic mass is 9.96. The van der Waals surface area contributed by atoms with Gasteiger partial charge in [-0.05, 0) is 46.5 Å². The number of furan rings is 1. The van der Waals surface area contributed by atoms with E-state index in [1.165, 1.54) is 37.8 Å². The van der Waals surface area contributed by atoms with Gasteiger partial charge in [0.05, 0.1) is 5.39 Å². The zero-order chi connectivity index (χ0) is 16.1. The van der Waals surface area contributed by atoms with Crippen LogP contribution in [0.2, 0.25) is 0 Å². The van der Waals surface area contributed by atoms with Gasteiger partial charge in [0.25, 0.3) is 0 Å². The number of aromatic nitrogens is 3. The molecule has 0 radical (unpaired) electrons. The summed E-state index contributed by atoms with van der Waals surface area (Å²) in [5.74, 6) is 0. The Balaban J connectivity index is 2.05. The number of pyridine rings is 1. The predicted octanol–water partition coefficient (Wildman–Crippen LogP) is 4.65. The van der Waals surface area contributed by atoms with E-state index in [1.54, 1.807) is 0 Å². The number of rotatable bonds is 0. The first-order valence-electron chi connectivity index (χ1n) is 8.38. The molecular formula is C21H12N3O+. The van der Waals surface area contributed by atoms with Crippen molar-refractivity contribution in [3.05, 3.63) is 67.0 Å². The van der Waals surface area contributed by atoms with E-state index in [4.69, 9.17) is 4.42 Å². The maximum atomic E-state index is 6.14. The van der Waals surface area contributed by atoms with Crippen LogP contribution in [0.3, 0.4) is 0 Å².